The van der Waals surface area contributed by atoms with E-state index in [9.17, 15) is 10.3 Å². The molecule has 0 saturated heterocycles. The molecule has 26 heavy (non-hydrogen) atoms. The van der Waals surface area contributed by atoms with Crippen LogP contribution in [0.5, 0.6) is 5.88 Å². The zero-order valence-corrected chi connectivity index (χ0v) is 13.4. The van der Waals surface area contributed by atoms with Crippen molar-refractivity contribution >= 4 is 16.6 Å². The van der Waals surface area contributed by atoms with E-state index in [1.807, 2.05) is 18.2 Å². The highest BCUT2D eigenvalue weighted by Gasteiger charge is 2.26. The third-order valence-corrected chi connectivity index (χ3v) is 4.30. The number of nitrogens with zero attached hydrogens (tertiary/aromatic N) is 5. The van der Waals surface area contributed by atoms with Gasteiger partial charge in [-0.05, 0) is 35.2 Å². The summed E-state index contributed by atoms with van der Waals surface area (Å²) in [4.78, 5) is 9.24. The number of H-pyrrole nitrogens is 1. The number of benzene rings is 1. The van der Waals surface area contributed by atoms with Gasteiger partial charge in [-0.15, -0.1) is 0 Å². The summed E-state index contributed by atoms with van der Waals surface area (Å²) in [7, 11) is 0. The fourth-order valence-electron chi connectivity index (χ4n) is 3.03. The molecule has 0 radical (unpaired) electrons. The van der Waals surface area contributed by atoms with E-state index in [0.29, 0.717) is 27.4 Å². The Morgan fingerprint density at radius 2 is 2.04 bits per heavy atom. The standard InChI is InChI=1S/C18H12N6O2/c25-18-16(15-3-1-2-7-19-15)17-21-13(6-8-23(17)24(18)26)11-4-5-14-12(9-11)10-20-22-14/h1-10,25H,(H,20,22). The van der Waals surface area contributed by atoms with Crippen LogP contribution in [0.3, 0.4) is 0 Å². The monoisotopic (exact) mass is 344 g/mol. The molecular formula is C18H12N6O2. The second kappa shape index (κ2) is 5.28. The summed E-state index contributed by atoms with van der Waals surface area (Å²) in [6.45, 7) is 0. The first-order valence-corrected chi connectivity index (χ1v) is 7.91. The first-order chi connectivity index (χ1) is 12.7. The van der Waals surface area contributed by atoms with Crippen molar-refractivity contribution in [3.63, 3.8) is 0 Å². The average molecular weight is 344 g/mol. The van der Waals surface area contributed by atoms with Crippen LogP contribution >= 0.6 is 0 Å². The summed E-state index contributed by atoms with van der Waals surface area (Å²) in [5.74, 6) is -0.432. The molecule has 0 aliphatic heterocycles. The van der Waals surface area contributed by atoms with Gasteiger partial charge in [0.25, 0.3) is 0 Å². The van der Waals surface area contributed by atoms with Gasteiger partial charge in [0.1, 0.15) is 0 Å². The van der Waals surface area contributed by atoms with E-state index >= 15 is 0 Å². The minimum absolute atomic E-state index is 0.298. The number of aromatic nitrogens is 6. The lowest BCUT2D eigenvalue weighted by Crippen LogP contribution is -2.32. The lowest BCUT2D eigenvalue weighted by Gasteiger charge is -2.02. The van der Waals surface area contributed by atoms with Crippen LogP contribution in [0.2, 0.25) is 0 Å². The van der Waals surface area contributed by atoms with E-state index in [1.54, 1.807) is 42.9 Å². The van der Waals surface area contributed by atoms with Gasteiger partial charge in [-0.1, -0.05) is 16.6 Å². The van der Waals surface area contributed by atoms with E-state index in [-0.39, 0.29) is 0 Å². The lowest BCUT2D eigenvalue weighted by atomic mass is 10.1. The maximum Gasteiger partial charge on any atom is 0.415 e. The maximum atomic E-state index is 12.3. The second-order valence-electron chi connectivity index (χ2n) is 5.84. The fraction of sp³-hybridized carbons (Fsp3) is 0. The molecule has 0 aliphatic carbocycles. The minimum Gasteiger partial charge on any atom is -0.593 e. The van der Waals surface area contributed by atoms with Crippen molar-refractivity contribution in [3.8, 4) is 28.4 Å². The molecule has 8 nitrogen and oxygen atoms in total. The SMILES string of the molecule is [O-][n+]1c(O)c(-c2ccccn2)c2nc(-c3ccc4[nH]ncc4c3)ccn21. The number of rotatable bonds is 2. The summed E-state index contributed by atoms with van der Waals surface area (Å²) < 4.78 is 1.25. The van der Waals surface area contributed by atoms with Gasteiger partial charge < -0.3 is 10.3 Å². The molecule has 0 spiro atoms. The molecule has 5 aromatic rings. The summed E-state index contributed by atoms with van der Waals surface area (Å²) in [6, 6.07) is 12.8. The molecule has 4 heterocycles. The number of aromatic hydroxyl groups is 1. The van der Waals surface area contributed by atoms with Crippen LogP contribution < -0.4 is 4.85 Å². The van der Waals surface area contributed by atoms with E-state index in [1.165, 1.54) is 4.52 Å². The first kappa shape index (κ1) is 14.4. The van der Waals surface area contributed by atoms with Gasteiger partial charge in [0.15, 0.2) is 5.56 Å². The predicted molar refractivity (Wildman–Crippen MR) is 94.1 cm³/mol. The van der Waals surface area contributed by atoms with E-state index < -0.39 is 5.88 Å². The number of aromatic amines is 1. The van der Waals surface area contributed by atoms with Crippen molar-refractivity contribution in [1.29, 1.82) is 0 Å². The van der Waals surface area contributed by atoms with Crippen molar-refractivity contribution in [2.24, 2.45) is 0 Å². The van der Waals surface area contributed by atoms with Gasteiger partial charge in [0, 0.05) is 17.1 Å². The van der Waals surface area contributed by atoms with E-state index in [0.717, 1.165) is 16.5 Å². The summed E-state index contributed by atoms with van der Waals surface area (Å²) in [6.07, 6.45) is 4.92. The number of nitrogens with one attached hydrogen (secondary N) is 1. The average Bonchev–Trinajstić information content (AvgIpc) is 3.25. The van der Waals surface area contributed by atoms with Crippen LogP contribution in [-0.2, 0) is 0 Å². The Kier molecular flexibility index (Phi) is 2.93. The second-order valence-corrected chi connectivity index (χ2v) is 5.84. The molecule has 0 bridgehead atoms. The van der Waals surface area contributed by atoms with Crippen molar-refractivity contribution in [2.75, 3.05) is 0 Å². The first-order valence-electron chi connectivity index (χ1n) is 7.91. The van der Waals surface area contributed by atoms with Crippen LogP contribution in [0, 0.1) is 5.21 Å². The zero-order chi connectivity index (χ0) is 17.7. The molecule has 1 aromatic carbocycles. The molecule has 2 N–H and O–H groups in total. The van der Waals surface area contributed by atoms with Gasteiger partial charge in [0.2, 0.25) is 5.65 Å². The molecule has 0 atom stereocenters. The molecular weight excluding hydrogens is 332 g/mol. The summed E-state index contributed by atoms with van der Waals surface area (Å²) in [5.41, 5.74) is 3.60. The molecule has 126 valence electrons. The Bertz CT molecular complexity index is 1260. The normalized spacial score (nSPS) is 11.4. The largest absolute Gasteiger partial charge is 0.593 e. The highest BCUT2D eigenvalue weighted by molar-refractivity contribution is 5.84. The van der Waals surface area contributed by atoms with Crippen molar-refractivity contribution in [3.05, 3.63) is 66.3 Å². The fourth-order valence-corrected chi connectivity index (χ4v) is 3.03. The highest BCUT2D eigenvalue weighted by atomic mass is 16.5. The van der Waals surface area contributed by atoms with Crippen LogP contribution in [0.1, 0.15) is 0 Å². The Labute approximate surface area is 146 Å². The molecule has 0 unspecified atom stereocenters. The van der Waals surface area contributed by atoms with Gasteiger partial charge >= 0.3 is 5.88 Å². The van der Waals surface area contributed by atoms with Crippen molar-refractivity contribution in [1.82, 2.24) is 24.7 Å². The third kappa shape index (κ3) is 2.02. The van der Waals surface area contributed by atoms with Crippen LogP contribution in [-0.4, -0.2) is 29.8 Å². The molecule has 0 saturated carbocycles. The van der Waals surface area contributed by atoms with Crippen LogP contribution in [0.4, 0.5) is 0 Å². The van der Waals surface area contributed by atoms with E-state index in [2.05, 4.69) is 20.2 Å². The van der Waals surface area contributed by atoms with E-state index in [4.69, 9.17) is 0 Å². The van der Waals surface area contributed by atoms with Crippen molar-refractivity contribution in [2.45, 2.75) is 0 Å². The maximum absolute atomic E-state index is 12.3. The van der Waals surface area contributed by atoms with Gasteiger partial charge in [0.05, 0.1) is 29.3 Å². The summed E-state index contributed by atoms with van der Waals surface area (Å²) in [5, 5.41) is 30.4. The molecule has 0 aliphatic rings. The molecule has 4 aromatic heterocycles. The highest BCUT2D eigenvalue weighted by Crippen LogP contribution is 2.30. The van der Waals surface area contributed by atoms with Gasteiger partial charge in [-0.2, -0.15) is 5.10 Å². The third-order valence-electron chi connectivity index (χ3n) is 4.30. The Morgan fingerprint density at radius 1 is 1.12 bits per heavy atom. The zero-order valence-electron chi connectivity index (χ0n) is 13.4. The van der Waals surface area contributed by atoms with Crippen LogP contribution in [0.25, 0.3) is 39.1 Å². The Morgan fingerprint density at radius 3 is 2.88 bits per heavy atom. The Hall–Kier alpha value is -3.94. The number of pyridine rings is 1. The number of hydrogen-bond acceptors (Lipinski definition) is 5. The quantitative estimate of drug-likeness (QED) is 0.377. The predicted octanol–water partition coefficient (Wildman–Crippen LogP) is 2.28. The van der Waals surface area contributed by atoms with Gasteiger partial charge in [-0.25, -0.2) is 4.98 Å². The topological polar surface area (TPSA) is 106 Å². The van der Waals surface area contributed by atoms with Crippen molar-refractivity contribution < 1.29 is 9.95 Å². The summed E-state index contributed by atoms with van der Waals surface area (Å²) >= 11 is 0. The number of hydrogen-bond donors (Lipinski definition) is 2. The van der Waals surface area contributed by atoms with Crippen LogP contribution in [0.15, 0.2) is 61.1 Å². The lowest BCUT2D eigenvalue weighted by molar-refractivity contribution is -0.682. The smallest absolute Gasteiger partial charge is 0.415 e. The molecule has 0 fully saturated rings. The van der Waals surface area contributed by atoms with Gasteiger partial charge in [-0.3, -0.25) is 10.1 Å². The molecule has 8 heteroatoms. The molecule has 5 rings (SSSR count). The molecule has 0 amide bonds. The Balaban J connectivity index is 1.76. The number of fused-ring (bicyclic) bond motifs is 2. The minimum atomic E-state index is -0.432.